The molecule has 0 bridgehead atoms. The summed E-state index contributed by atoms with van der Waals surface area (Å²) >= 11 is 0. The van der Waals surface area contributed by atoms with Gasteiger partial charge in [-0.25, -0.2) is 4.68 Å². The molecule has 27 heavy (non-hydrogen) atoms. The third-order valence-electron chi connectivity index (χ3n) is 4.39. The first-order chi connectivity index (χ1) is 12.4. The number of carbonyl (C=O) groups excluding carboxylic acids is 1. The normalized spacial score (nSPS) is 16.4. The molecular weight excluding hydrogens is 385 g/mol. The summed E-state index contributed by atoms with van der Waals surface area (Å²) in [7, 11) is 0. The summed E-state index contributed by atoms with van der Waals surface area (Å²) in [5, 5.41) is 6.41. The van der Waals surface area contributed by atoms with Crippen LogP contribution in [0.3, 0.4) is 0 Å². The Bertz CT molecular complexity index is 758. The van der Waals surface area contributed by atoms with Gasteiger partial charge in [0.05, 0.1) is 17.9 Å². The molecule has 0 saturated carbocycles. The van der Waals surface area contributed by atoms with E-state index in [1.807, 2.05) is 0 Å². The molecule has 1 aliphatic heterocycles. The van der Waals surface area contributed by atoms with Crippen molar-refractivity contribution in [3.63, 3.8) is 0 Å². The van der Waals surface area contributed by atoms with Crippen molar-refractivity contribution >= 4 is 24.0 Å². The van der Waals surface area contributed by atoms with Gasteiger partial charge in [-0.05, 0) is 49.1 Å². The molecule has 2 heterocycles. The van der Waals surface area contributed by atoms with Gasteiger partial charge in [-0.1, -0.05) is 0 Å². The van der Waals surface area contributed by atoms with E-state index < -0.39 is 17.9 Å². The minimum absolute atomic E-state index is 0. The molecule has 1 aromatic heterocycles. The minimum Gasteiger partial charge on any atom is -0.381 e. The van der Waals surface area contributed by atoms with E-state index in [9.17, 15) is 18.0 Å². The van der Waals surface area contributed by atoms with E-state index in [-0.39, 0.29) is 29.9 Å². The number of anilines is 1. The van der Waals surface area contributed by atoms with E-state index in [2.05, 4.69) is 10.4 Å². The zero-order valence-corrected chi connectivity index (χ0v) is 15.1. The van der Waals surface area contributed by atoms with Crippen LogP contribution in [0.15, 0.2) is 36.5 Å². The Labute approximate surface area is 160 Å². The molecule has 148 valence electrons. The number of nitrogens with two attached hydrogens (primary N) is 1. The number of aromatic nitrogens is 2. The zero-order valence-electron chi connectivity index (χ0n) is 14.3. The van der Waals surface area contributed by atoms with Crippen LogP contribution in [0, 0.1) is 5.92 Å². The highest BCUT2D eigenvalue weighted by atomic mass is 35.5. The second kappa shape index (κ2) is 8.73. The first-order valence-electron chi connectivity index (χ1n) is 8.22. The number of rotatable bonds is 4. The molecule has 3 rings (SSSR count). The second-order valence-electron chi connectivity index (χ2n) is 6.14. The van der Waals surface area contributed by atoms with Crippen molar-refractivity contribution < 1.29 is 22.7 Å². The predicted octanol–water partition coefficient (Wildman–Crippen LogP) is 3.01. The van der Waals surface area contributed by atoms with Crippen molar-refractivity contribution in [3.05, 3.63) is 42.2 Å². The molecule has 0 aliphatic carbocycles. The smallest absolute Gasteiger partial charge is 0.381 e. The van der Waals surface area contributed by atoms with Crippen molar-refractivity contribution in [2.75, 3.05) is 18.5 Å². The number of amides is 1. The molecule has 1 amide bonds. The van der Waals surface area contributed by atoms with Gasteiger partial charge in [0.1, 0.15) is 5.69 Å². The number of nitrogens with zero attached hydrogens (tertiary/aromatic N) is 2. The number of alkyl halides is 3. The maximum Gasteiger partial charge on any atom is 0.433 e. The van der Waals surface area contributed by atoms with Crippen LogP contribution < -0.4 is 11.1 Å². The maximum atomic E-state index is 12.9. The largest absolute Gasteiger partial charge is 0.433 e. The molecule has 0 spiro atoms. The molecule has 1 aliphatic rings. The molecule has 6 nitrogen and oxygen atoms in total. The quantitative estimate of drug-likeness (QED) is 0.820. The van der Waals surface area contributed by atoms with Crippen molar-refractivity contribution in [2.24, 2.45) is 11.7 Å². The molecule has 1 aromatic carbocycles. The Morgan fingerprint density at radius 1 is 1.22 bits per heavy atom. The molecule has 10 heteroatoms. The van der Waals surface area contributed by atoms with E-state index in [1.54, 1.807) is 0 Å². The number of hydrogen-bond acceptors (Lipinski definition) is 4. The van der Waals surface area contributed by atoms with Gasteiger partial charge in [0.25, 0.3) is 0 Å². The molecule has 3 N–H and O–H groups in total. The number of benzene rings is 1. The highest BCUT2D eigenvalue weighted by molar-refractivity contribution is 5.95. The minimum atomic E-state index is -4.50. The molecule has 1 fully saturated rings. The number of hydrogen-bond donors (Lipinski definition) is 2. The van der Waals surface area contributed by atoms with Gasteiger partial charge in [0.2, 0.25) is 5.91 Å². The van der Waals surface area contributed by atoms with Gasteiger partial charge in [0, 0.05) is 18.9 Å². The van der Waals surface area contributed by atoms with Crippen LogP contribution in [-0.4, -0.2) is 34.9 Å². The number of nitrogens with one attached hydrogen (secondary N) is 1. The van der Waals surface area contributed by atoms with Crippen LogP contribution >= 0.6 is 12.4 Å². The summed E-state index contributed by atoms with van der Waals surface area (Å²) in [5.41, 5.74) is 5.85. The standard InChI is InChI=1S/C17H19F3N4O2.ClH/c18-17(19,20)14-5-8-22-24(14)13-3-1-12(2-4-13)23-16(25)15(21)11-6-9-26-10-7-11;/h1-5,8,11,15H,6-7,9-10,21H2,(H,23,25);1H. The lowest BCUT2D eigenvalue weighted by molar-refractivity contribution is -0.142. The van der Waals surface area contributed by atoms with Crippen LogP contribution in [0.2, 0.25) is 0 Å². The lowest BCUT2D eigenvalue weighted by Crippen LogP contribution is -2.43. The fourth-order valence-electron chi connectivity index (χ4n) is 2.92. The molecule has 2 aromatic rings. The molecular formula is C17H20ClF3N4O2. The fraction of sp³-hybridized carbons (Fsp3) is 0.412. The van der Waals surface area contributed by atoms with E-state index in [4.69, 9.17) is 10.5 Å². The number of carbonyl (C=O) groups is 1. The zero-order chi connectivity index (χ0) is 18.7. The predicted molar refractivity (Wildman–Crippen MR) is 96.0 cm³/mol. The van der Waals surface area contributed by atoms with E-state index >= 15 is 0 Å². The second-order valence-corrected chi connectivity index (χ2v) is 6.14. The summed E-state index contributed by atoms with van der Waals surface area (Å²) in [4.78, 5) is 12.3. The highest BCUT2D eigenvalue weighted by Crippen LogP contribution is 2.30. The van der Waals surface area contributed by atoms with Gasteiger partial charge < -0.3 is 15.8 Å². The van der Waals surface area contributed by atoms with E-state index in [0.717, 1.165) is 29.8 Å². The van der Waals surface area contributed by atoms with Gasteiger partial charge in [0.15, 0.2) is 0 Å². The topological polar surface area (TPSA) is 82.2 Å². The first kappa shape index (κ1) is 21.2. The van der Waals surface area contributed by atoms with Crippen LogP contribution in [0.25, 0.3) is 5.69 Å². The third kappa shape index (κ3) is 5.00. The van der Waals surface area contributed by atoms with Crippen LogP contribution in [0.4, 0.5) is 18.9 Å². The monoisotopic (exact) mass is 404 g/mol. The fourth-order valence-corrected chi connectivity index (χ4v) is 2.92. The van der Waals surface area contributed by atoms with Crippen molar-refractivity contribution in [3.8, 4) is 5.69 Å². The SMILES string of the molecule is Cl.NC(C(=O)Nc1ccc(-n2nccc2C(F)(F)F)cc1)C1CCOCC1. The van der Waals surface area contributed by atoms with Crippen LogP contribution in [-0.2, 0) is 15.7 Å². The van der Waals surface area contributed by atoms with E-state index in [0.29, 0.717) is 18.9 Å². The first-order valence-corrected chi connectivity index (χ1v) is 8.22. The van der Waals surface area contributed by atoms with Crippen molar-refractivity contribution in [1.82, 2.24) is 9.78 Å². The number of ether oxygens (including phenoxy) is 1. The van der Waals surface area contributed by atoms with E-state index in [1.165, 1.54) is 24.3 Å². The Morgan fingerprint density at radius 2 is 1.85 bits per heavy atom. The Morgan fingerprint density at radius 3 is 2.44 bits per heavy atom. The van der Waals surface area contributed by atoms with Gasteiger partial charge in [-0.3, -0.25) is 4.79 Å². The number of halogens is 4. The van der Waals surface area contributed by atoms with Crippen LogP contribution in [0.5, 0.6) is 0 Å². The maximum absolute atomic E-state index is 12.9. The average Bonchev–Trinajstić information content (AvgIpc) is 3.12. The Kier molecular flexibility index (Phi) is 6.85. The Hall–Kier alpha value is -2.10. The average molecular weight is 405 g/mol. The van der Waals surface area contributed by atoms with Gasteiger partial charge >= 0.3 is 6.18 Å². The summed E-state index contributed by atoms with van der Waals surface area (Å²) in [5.74, 6) is -0.263. The third-order valence-corrected chi connectivity index (χ3v) is 4.39. The molecule has 1 saturated heterocycles. The highest BCUT2D eigenvalue weighted by Gasteiger charge is 2.35. The summed E-state index contributed by atoms with van der Waals surface area (Å²) in [6, 6.07) is 6.21. The molecule has 1 atom stereocenters. The van der Waals surface area contributed by atoms with Crippen LogP contribution in [0.1, 0.15) is 18.5 Å². The summed E-state index contributed by atoms with van der Waals surface area (Å²) in [6.07, 6.45) is -1.95. The molecule has 1 unspecified atom stereocenters. The molecule has 0 radical (unpaired) electrons. The van der Waals surface area contributed by atoms with Crippen molar-refractivity contribution in [2.45, 2.75) is 25.1 Å². The summed E-state index contributed by atoms with van der Waals surface area (Å²) in [6.45, 7) is 1.18. The van der Waals surface area contributed by atoms with Gasteiger partial charge in [-0.2, -0.15) is 18.3 Å². The van der Waals surface area contributed by atoms with Gasteiger partial charge in [-0.15, -0.1) is 12.4 Å². The lowest BCUT2D eigenvalue weighted by Gasteiger charge is -2.26. The lowest BCUT2D eigenvalue weighted by atomic mass is 9.92. The van der Waals surface area contributed by atoms with Crippen molar-refractivity contribution in [1.29, 1.82) is 0 Å². The Balaban J connectivity index is 0.00000261. The summed E-state index contributed by atoms with van der Waals surface area (Å²) < 4.78 is 44.9.